The van der Waals surface area contributed by atoms with Crippen molar-refractivity contribution in [3.05, 3.63) is 58.0 Å². The average Bonchev–Trinajstić information content (AvgIpc) is 2.70. The first-order valence-corrected chi connectivity index (χ1v) is 11.2. The van der Waals surface area contributed by atoms with E-state index in [4.69, 9.17) is 4.74 Å². The lowest BCUT2D eigenvalue weighted by Crippen LogP contribution is -2.25. The molecule has 3 rings (SSSR count). The van der Waals surface area contributed by atoms with Crippen molar-refractivity contribution < 1.29 is 30.7 Å². The number of benzene rings is 2. The number of ether oxygens (including phenoxy) is 1. The van der Waals surface area contributed by atoms with E-state index in [0.29, 0.717) is 6.07 Å². The summed E-state index contributed by atoms with van der Waals surface area (Å²) >= 11 is 0. The molecule has 1 heterocycles. The van der Waals surface area contributed by atoms with Crippen molar-refractivity contribution in [1.29, 1.82) is 0 Å². The molecule has 2 aromatic carbocycles. The first kappa shape index (κ1) is 23.7. The average molecular weight is 473 g/mol. The maximum absolute atomic E-state index is 14.1. The number of fused-ring (bicyclic) bond motifs is 1. The van der Waals surface area contributed by atoms with E-state index in [0.717, 1.165) is 18.4 Å². The second-order valence-corrected chi connectivity index (χ2v) is 8.77. The molecule has 32 heavy (non-hydrogen) atoms. The Labute approximate surface area is 180 Å². The SMILES string of the molecule is COc1cccc2c(=O)c(-c3cccc(F)c3C(F)(F)F)nn(CCCNS(C)(=O)=O)c12. The van der Waals surface area contributed by atoms with Crippen LogP contribution in [0.2, 0.25) is 0 Å². The van der Waals surface area contributed by atoms with Crippen LogP contribution in [0.15, 0.2) is 41.2 Å². The van der Waals surface area contributed by atoms with Crippen molar-refractivity contribution >= 4 is 20.9 Å². The molecule has 0 aliphatic heterocycles. The second-order valence-electron chi connectivity index (χ2n) is 6.94. The number of alkyl halides is 3. The molecule has 0 saturated heterocycles. The summed E-state index contributed by atoms with van der Waals surface area (Å²) in [7, 11) is -2.08. The van der Waals surface area contributed by atoms with E-state index in [1.165, 1.54) is 23.9 Å². The van der Waals surface area contributed by atoms with Crippen LogP contribution in [0.3, 0.4) is 0 Å². The van der Waals surface area contributed by atoms with E-state index in [-0.39, 0.29) is 36.2 Å². The van der Waals surface area contributed by atoms with E-state index >= 15 is 0 Å². The number of para-hydroxylation sites is 1. The van der Waals surface area contributed by atoms with Crippen LogP contribution in [-0.4, -0.2) is 38.1 Å². The van der Waals surface area contributed by atoms with Crippen molar-refractivity contribution in [3.8, 4) is 17.0 Å². The van der Waals surface area contributed by atoms with Gasteiger partial charge in [0.25, 0.3) is 0 Å². The fraction of sp³-hybridized carbons (Fsp3) is 0.300. The molecule has 7 nitrogen and oxygen atoms in total. The number of methoxy groups -OCH3 is 1. The van der Waals surface area contributed by atoms with Crippen LogP contribution in [0, 0.1) is 5.82 Å². The van der Waals surface area contributed by atoms with Crippen LogP contribution in [0.5, 0.6) is 5.75 Å². The Morgan fingerprint density at radius 2 is 1.84 bits per heavy atom. The number of sulfonamides is 1. The zero-order chi connectivity index (χ0) is 23.7. The molecule has 0 radical (unpaired) electrons. The van der Waals surface area contributed by atoms with Gasteiger partial charge in [0.15, 0.2) is 0 Å². The number of hydrogen-bond donors (Lipinski definition) is 1. The van der Waals surface area contributed by atoms with Crippen molar-refractivity contribution in [2.75, 3.05) is 19.9 Å². The Bertz CT molecular complexity index is 1320. The van der Waals surface area contributed by atoms with Crippen molar-refractivity contribution in [2.24, 2.45) is 0 Å². The van der Waals surface area contributed by atoms with E-state index in [2.05, 4.69) is 9.82 Å². The summed E-state index contributed by atoms with van der Waals surface area (Å²) in [5.74, 6) is -1.27. The van der Waals surface area contributed by atoms with Crippen molar-refractivity contribution in [3.63, 3.8) is 0 Å². The van der Waals surface area contributed by atoms with Gasteiger partial charge in [0.2, 0.25) is 15.5 Å². The summed E-state index contributed by atoms with van der Waals surface area (Å²) in [5.41, 5.74) is -3.44. The lowest BCUT2D eigenvalue weighted by Gasteiger charge is -2.17. The van der Waals surface area contributed by atoms with Crippen LogP contribution in [0.4, 0.5) is 17.6 Å². The first-order valence-electron chi connectivity index (χ1n) is 9.32. The zero-order valence-electron chi connectivity index (χ0n) is 17.0. The molecule has 3 aromatic rings. The molecule has 0 aliphatic rings. The van der Waals surface area contributed by atoms with Gasteiger partial charge in [-0.25, -0.2) is 17.5 Å². The van der Waals surface area contributed by atoms with Gasteiger partial charge in [-0.2, -0.15) is 18.3 Å². The molecule has 0 aliphatic carbocycles. The molecule has 1 aromatic heterocycles. The Hall–Kier alpha value is -2.99. The van der Waals surface area contributed by atoms with Gasteiger partial charge < -0.3 is 4.74 Å². The number of aryl methyl sites for hydroxylation is 1. The Balaban J connectivity index is 2.23. The number of nitrogens with one attached hydrogen (secondary N) is 1. The van der Waals surface area contributed by atoms with Gasteiger partial charge in [0, 0.05) is 18.7 Å². The molecule has 1 N–H and O–H groups in total. The van der Waals surface area contributed by atoms with Gasteiger partial charge in [-0.3, -0.25) is 9.48 Å². The predicted octanol–water partition coefficient (Wildman–Crippen LogP) is 3.17. The number of nitrogens with zero attached hydrogens (tertiary/aromatic N) is 2. The van der Waals surface area contributed by atoms with E-state index in [9.17, 15) is 30.8 Å². The third-order valence-electron chi connectivity index (χ3n) is 4.62. The van der Waals surface area contributed by atoms with Crippen molar-refractivity contribution in [2.45, 2.75) is 19.1 Å². The highest BCUT2D eigenvalue weighted by molar-refractivity contribution is 7.88. The molecule has 0 atom stereocenters. The minimum Gasteiger partial charge on any atom is -0.494 e. The van der Waals surface area contributed by atoms with Gasteiger partial charge in [-0.05, 0) is 24.6 Å². The topological polar surface area (TPSA) is 90.3 Å². The highest BCUT2D eigenvalue weighted by Crippen LogP contribution is 2.38. The van der Waals surface area contributed by atoms with Crippen LogP contribution >= 0.6 is 0 Å². The fourth-order valence-corrected chi connectivity index (χ4v) is 3.83. The van der Waals surface area contributed by atoms with E-state index in [1.54, 1.807) is 6.07 Å². The Kier molecular flexibility index (Phi) is 6.56. The summed E-state index contributed by atoms with van der Waals surface area (Å²) < 4.78 is 86.2. The van der Waals surface area contributed by atoms with Gasteiger partial charge in [0.05, 0.1) is 18.8 Å². The summed E-state index contributed by atoms with van der Waals surface area (Å²) in [6, 6.07) is 7.17. The third-order valence-corrected chi connectivity index (χ3v) is 5.35. The maximum Gasteiger partial charge on any atom is 0.419 e. The van der Waals surface area contributed by atoms with Crippen LogP contribution < -0.4 is 14.9 Å². The number of hydrogen-bond acceptors (Lipinski definition) is 5. The van der Waals surface area contributed by atoms with Crippen LogP contribution in [0.1, 0.15) is 12.0 Å². The Morgan fingerprint density at radius 3 is 2.47 bits per heavy atom. The molecular weight excluding hydrogens is 454 g/mol. The summed E-state index contributed by atoms with van der Waals surface area (Å²) in [6.45, 7) is 0.0791. The summed E-state index contributed by atoms with van der Waals surface area (Å²) in [5, 5.41) is 4.14. The molecule has 0 spiro atoms. The van der Waals surface area contributed by atoms with Crippen molar-refractivity contribution in [1.82, 2.24) is 14.5 Å². The highest BCUT2D eigenvalue weighted by atomic mass is 32.2. The minimum atomic E-state index is -5.05. The van der Waals surface area contributed by atoms with E-state index < -0.39 is 44.3 Å². The van der Waals surface area contributed by atoms with Gasteiger partial charge in [0.1, 0.15) is 28.3 Å². The second kappa shape index (κ2) is 8.87. The molecule has 12 heteroatoms. The summed E-state index contributed by atoms with van der Waals surface area (Å²) in [6.07, 6.45) is -3.85. The lowest BCUT2D eigenvalue weighted by molar-refractivity contribution is -0.139. The van der Waals surface area contributed by atoms with Gasteiger partial charge in [-0.1, -0.05) is 18.2 Å². The number of rotatable bonds is 7. The first-order chi connectivity index (χ1) is 14.9. The largest absolute Gasteiger partial charge is 0.494 e. The Morgan fingerprint density at radius 1 is 1.16 bits per heavy atom. The lowest BCUT2D eigenvalue weighted by atomic mass is 10.0. The molecule has 0 amide bonds. The number of halogens is 4. The number of aromatic nitrogens is 2. The molecule has 0 saturated carbocycles. The van der Waals surface area contributed by atoms with Crippen LogP contribution in [0.25, 0.3) is 22.2 Å². The fourth-order valence-electron chi connectivity index (χ4n) is 3.31. The molecule has 172 valence electrons. The van der Waals surface area contributed by atoms with Crippen LogP contribution in [-0.2, 0) is 22.7 Å². The summed E-state index contributed by atoms with van der Waals surface area (Å²) in [4.78, 5) is 13.1. The molecule has 0 bridgehead atoms. The van der Waals surface area contributed by atoms with E-state index in [1.807, 2.05) is 0 Å². The third kappa shape index (κ3) is 4.91. The zero-order valence-corrected chi connectivity index (χ0v) is 17.8. The quantitative estimate of drug-likeness (QED) is 0.421. The van der Waals surface area contributed by atoms with Gasteiger partial charge in [-0.15, -0.1) is 0 Å². The molecule has 0 unspecified atom stereocenters. The standard InChI is InChI=1S/C20H19F4N3O4S/c1-31-15-9-4-7-13-18(15)27(11-5-10-25-32(2,29)30)26-17(19(13)28)12-6-3-8-14(21)16(12)20(22,23)24/h3-4,6-9,25H,5,10-11H2,1-2H3. The smallest absolute Gasteiger partial charge is 0.419 e. The normalized spacial score (nSPS) is 12.3. The maximum atomic E-state index is 14.1. The monoisotopic (exact) mass is 473 g/mol. The highest BCUT2D eigenvalue weighted by Gasteiger charge is 2.38. The molecule has 0 fully saturated rings. The predicted molar refractivity (Wildman–Crippen MR) is 110 cm³/mol. The molecular formula is C20H19F4N3O4S. The minimum absolute atomic E-state index is 0.0304. The van der Waals surface area contributed by atoms with Gasteiger partial charge >= 0.3 is 6.18 Å².